The highest BCUT2D eigenvalue weighted by molar-refractivity contribution is 5.41. The third kappa shape index (κ3) is 4.69. The van der Waals surface area contributed by atoms with Gasteiger partial charge in [-0.3, -0.25) is 0 Å². The van der Waals surface area contributed by atoms with Crippen molar-refractivity contribution in [1.29, 1.82) is 0 Å². The van der Waals surface area contributed by atoms with Gasteiger partial charge in [-0.2, -0.15) is 4.98 Å². The van der Waals surface area contributed by atoms with Gasteiger partial charge in [-0.25, -0.2) is 9.37 Å². The summed E-state index contributed by atoms with van der Waals surface area (Å²) in [6.07, 6.45) is 2.27. The Morgan fingerprint density at radius 2 is 1.73 bits per heavy atom. The van der Waals surface area contributed by atoms with Crippen LogP contribution in [0.3, 0.4) is 0 Å². The number of aromatic nitrogens is 2. The Labute approximate surface area is 152 Å². The second-order valence-electron chi connectivity index (χ2n) is 5.70. The van der Waals surface area contributed by atoms with Crippen LogP contribution in [-0.2, 0) is 13.0 Å². The van der Waals surface area contributed by atoms with Gasteiger partial charge in [-0.05, 0) is 30.2 Å². The zero-order valence-corrected chi connectivity index (χ0v) is 14.6. The number of hydrogen-bond donors (Lipinski definition) is 2. The molecule has 0 saturated carbocycles. The first-order valence-electron chi connectivity index (χ1n) is 8.42. The summed E-state index contributed by atoms with van der Waals surface area (Å²) < 4.78 is 19.0. The highest BCUT2D eigenvalue weighted by Crippen LogP contribution is 2.18. The van der Waals surface area contributed by atoms with Gasteiger partial charge in [0.1, 0.15) is 17.4 Å². The highest BCUT2D eigenvalue weighted by atomic mass is 19.1. The largest absolute Gasteiger partial charge is 0.496 e. The molecule has 0 radical (unpaired) electrons. The fourth-order valence-electron chi connectivity index (χ4n) is 2.59. The van der Waals surface area contributed by atoms with Gasteiger partial charge in [0.2, 0.25) is 5.95 Å². The normalized spacial score (nSPS) is 10.4. The molecule has 0 aliphatic carbocycles. The number of halogens is 1. The number of para-hydroxylation sites is 1. The van der Waals surface area contributed by atoms with E-state index in [-0.39, 0.29) is 5.82 Å². The summed E-state index contributed by atoms with van der Waals surface area (Å²) in [5, 5.41) is 6.39. The monoisotopic (exact) mass is 352 g/mol. The van der Waals surface area contributed by atoms with Crippen LogP contribution in [0.4, 0.5) is 16.2 Å². The van der Waals surface area contributed by atoms with Crippen LogP contribution in [0.2, 0.25) is 0 Å². The summed E-state index contributed by atoms with van der Waals surface area (Å²) >= 11 is 0. The van der Waals surface area contributed by atoms with Gasteiger partial charge in [0.25, 0.3) is 0 Å². The van der Waals surface area contributed by atoms with Gasteiger partial charge >= 0.3 is 0 Å². The minimum Gasteiger partial charge on any atom is -0.496 e. The Morgan fingerprint density at radius 3 is 2.54 bits per heavy atom. The maximum Gasteiger partial charge on any atom is 0.224 e. The van der Waals surface area contributed by atoms with Crippen LogP contribution in [0.1, 0.15) is 11.1 Å². The molecule has 0 atom stereocenters. The van der Waals surface area contributed by atoms with Crippen LogP contribution in [0.25, 0.3) is 0 Å². The first kappa shape index (κ1) is 17.7. The molecule has 0 aliphatic heterocycles. The van der Waals surface area contributed by atoms with Gasteiger partial charge in [0, 0.05) is 24.8 Å². The van der Waals surface area contributed by atoms with Crippen molar-refractivity contribution >= 4 is 11.8 Å². The molecule has 26 heavy (non-hydrogen) atoms. The van der Waals surface area contributed by atoms with Crippen LogP contribution in [-0.4, -0.2) is 23.6 Å². The van der Waals surface area contributed by atoms with E-state index in [4.69, 9.17) is 4.74 Å². The van der Waals surface area contributed by atoms with E-state index in [0.717, 1.165) is 11.3 Å². The van der Waals surface area contributed by atoms with E-state index in [1.165, 1.54) is 6.07 Å². The highest BCUT2D eigenvalue weighted by Gasteiger charge is 2.04. The number of benzene rings is 2. The third-order valence-electron chi connectivity index (χ3n) is 3.94. The SMILES string of the molecule is COc1ccccc1CNc1nccc(NCCc2ccccc2F)n1. The van der Waals surface area contributed by atoms with Crippen LogP contribution < -0.4 is 15.4 Å². The molecule has 2 aromatic carbocycles. The number of methoxy groups -OCH3 is 1. The summed E-state index contributed by atoms with van der Waals surface area (Å²) in [5.41, 5.74) is 1.71. The summed E-state index contributed by atoms with van der Waals surface area (Å²) in [5.74, 6) is 1.85. The molecule has 1 aromatic heterocycles. The summed E-state index contributed by atoms with van der Waals surface area (Å²) in [6, 6.07) is 16.4. The van der Waals surface area contributed by atoms with Crippen LogP contribution >= 0.6 is 0 Å². The molecule has 1 heterocycles. The van der Waals surface area contributed by atoms with Crippen molar-refractivity contribution in [3.05, 3.63) is 77.7 Å². The Hall–Kier alpha value is -3.15. The van der Waals surface area contributed by atoms with Crippen molar-refractivity contribution in [1.82, 2.24) is 9.97 Å². The number of rotatable bonds is 8. The van der Waals surface area contributed by atoms with E-state index < -0.39 is 0 Å². The van der Waals surface area contributed by atoms with E-state index in [0.29, 0.717) is 36.8 Å². The van der Waals surface area contributed by atoms with Gasteiger partial charge in [0.05, 0.1) is 7.11 Å². The standard InChI is InChI=1S/C20H21FN4O/c1-26-18-9-5-3-7-16(18)14-24-20-23-13-11-19(25-20)22-12-10-15-6-2-4-8-17(15)21/h2-9,11,13H,10,12,14H2,1H3,(H2,22,23,24,25). The Kier molecular flexibility index (Phi) is 5.98. The molecule has 0 fully saturated rings. The molecular formula is C20H21FN4O. The third-order valence-corrected chi connectivity index (χ3v) is 3.94. The smallest absolute Gasteiger partial charge is 0.224 e. The minimum atomic E-state index is -0.184. The number of anilines is 2. The average Bonchev–Trinajstić information content (AvgIpc) is 2.68. The lowest BCUT2D eigenvalue weighted by molar-refractivity contribution is 0.410. The fourth-order valence-corrected chi connectivity index (χ4v) is 2.59. The number of hydrogen-bond acceptors (Lipinski definition) is 5. The summed E-state index contributed by atoms with van der Waals surface area (Å²) in [6.45, 7) is 1.15. The molecule has 3 rings (SSSR count). The maximum atomic E-state index is 13.6. The second-order valence-corrected chi connectivity index (χ2v) is 5.70. The zero-order valence-electron chi connectivity index (χ0n) is 14.6. The van der Waals surface area contributed by atoms with Crippen molar-refractivity contribution in [2.75, 3.05) is 24.3 Å². The quantitative estimate of drug-likeness (QED) is 0.644. The van der Waals surface area contributed by atoms with Crippen LogP contribution in [0, 0.1) is 5.82 Å². The Bertz CT molecular complexity index is 856. The molecule has 0 bridgehead atoms. The predicted octanol–water partition coefficient (Wildman–Crippen LogP) is 3.89. The van der Waals surface area contributed by atoms with E-state index >= 15 is 0 Å². The average molecular weight is 352 g/mol. The number of nitrogens with zero attached hydrogens (tertiary/aromatic N) is 2. The fraction of sp³-hybridized carbons (Fsp3) is 0.200. The molecular weight excluding hydrogens is 331 g/mol. The number of ether oxygens (including phenoxy) is 1. The van der Waals surface area contributed by atoms with Gasteiger partial charge in [0.15, 0.2) is 0 Å². The predicted molar refractivity (Wildman–Crippen MR) is 101 cm³/mol. The lowest BCUT2D eigenvalue weighted by Crippen LogP contribution is -2.10. The zero-order chi connectivity index (χ0) is 18.2. The summed E-state index contributed by atoms with van der Waals surface area (Å²) in [7, 11) is 1.65. The van der Waals surface area contributed by atoms with Gasteiger partial charge in [-0.1, -0.05) is 36.4 Å². The lowest BCUT2D eigenvalue weighted by atomic mass is 10.1. The molecule has 0 aliphatic rings. The van der Waals surface area contributed by atoms with Gasteiger partial charge in [-0.15, -0.1) is 0 Å². The Morgan fingerprint density at radius 1 is 0.962 bits per heavy atom. The molecule has 134 valence electrons. The molecule has 5 nitrogen and oxygen atoms in total. The van der Waals surface area contributed by atoms with Crippen molar-refractivity contribution < 1.29 is 9.13 Å². The van der Waals surface area contributed by atoms with Crippen LogP contribution in [0.5, 0.6) is 5.75 Å². The van der Waals surface area contributed by atoms with E-state index in [1.807, 2.05) is 30.3 Å². The lowest BCUT2D eigenvalue weighted by Gasteiger charge is -2.11. The minimum absolute atomic E-state index is 0.184. The topological polar surface area (TPSA) is 59.1 Å². The van der Waals surface area contributed by atoms with E-state index in [9.17, 15) is 4.39 Å². The van der Waals surface area contributed by atoms with Crippen molar-refractivity contribution in [3.8, 4) is 5.75 Å². The number of nitrogens with one attached hydrogen (secondary N) is 2. The molecule has 0 spiro atoms. The van der Waals surface area contributed by atoms with E-state index in [1.54, 1.807) is 31.5 Å². The maximum absolute atomic E-state index is 13.6. The molecule has 2 N–H and O–H groups in total. The molecule has 6 heteroatoms. The van der Waals surface area contributed by atoms with Gasteiger partial charge < -0.3 is 15.4 Å². The van der Waals surface area contributed by atoms with Crippen LogP contribution in [0.15, 0.2) is 60.8 Å². The molecule has 0 unspecified atom stereocenters. The first-order chi connectivity index (χ1) is 12.8. The summed E-state index contributed by atoms with van der Waals surface area (Å²) in [4.78, 5) is 8.66. The molecule has 0 amide bonds. The Balaban J connectivity index is 1.55. The first-order valence-corrected chi connectivity index (χ1v) is 8.42. The molecule has 0 saturated heterocycles. The molecule has 3 aromatic rings. The van der Waals surface area contributed by atoms with E-state index in [2.05, 4.69) is 20.6 Å². The second kappa shape index (κ2) is 8.80. The van der Waals surface area contributed by atoms with Crippen molar-refractivity contribution in [2.45, 2.75) is 13.0 Å². The van der Waals surface area contributed by atoms with Crippen molar-refractivity contribution in [2.24, 2.45) is 0 Å². The van der Waals surface area contributed by atoms with Crippen molar-refractivity contribution in [3.63, 3.8) is 0 Å².